The number of carbonyl (C=O) groups is 4. The first-order valence-electron chi connectivity index (χ1n) is 15.6. The van der Waals surface area contributed by atoms with Crippen LogP contribution in [0.2, 0.25) is 0 Å². The van der Waals surface area contributed by atoms with Crippen molar-refractivity contribution in [2.24, 2.45) is 11.8 Å². The number of allylic oxidation sites excluding steroid dienone is 1. The van der Waals surface area contributed by atoms with E-state index in [-0.39, 0.29) is 38.6 Å². The largest absolute Gasteiger partial charge is 0.497 e. The molecule has 2 aromatic rings. The Hall–Kier alpha value is -4.48. The summed E-state index contributed by atoms with van der Waals surface area (Å²) in [7, 11) is 1.55. The summed E-state index contributed by atoms with van der Waals surface area (Å²) in [5.74, 6) is -2.81. The number of hydrogen-bond acceptors (Lipinski definition) is 8. The normalized spacial score (nSPS) is 25.0. The number of hydrogen-bond donors (Lipinski definition) is 2. The van der Waals surface area contributed by atoms with E-state index < -0.39 is 53.4 Å². The number of anilines is 1. The summed E-state index contributed by atoms with van der Waals surface area (Å²) in [5, 5.41) is 13.0. The lowest BCUT2D eigenvalue weighted by Gasteiger charge is -2.36. The summed E-state index contributed by atoms with van der Waals surface area (Å²) in [4.78, 5) is 57.9. The molecule has 11 heteroatoms. The minimum absolute atomic E-state index is 0.0896. The highest BCUT2D eigenvalue weighted by Gasteiger charge is 2.74. The molecule has 0 aromatic heterocycles. The van der Waals surface area contributed by atoms with Crippen LogP contribution in [-0.2, 0) is 28.7 Å². The third-order valence-corrected chi connectivity index (χ3v) is 9.12. The van der Waals surface area contributed by atoms with E-state index in [0.717, 1.165) is 5.56 Å². The molecule has 2 bridgehead atoms. The lowest BCUT2D eigenvalue weighted by atomic mass is 9.70. The van der Waals surface area contributed by atoms with Crippen LogP contribution in [0, 0.1) is 11.8 Å². The fraction of sp³-hybridized carbons (Fsp3) is 0.429. The Morgan fingerprint density at radius 1 is 1.15 bits per heavy atom. The predicted octanol–water partition coefficient (Wildman–Crippen LogP) is 2.95. The zero-order valence-corrected chi connectivity index (χ0v) is 26.0. The molecule has 6 atom stereocenters. The number of likely N-dealkylation sites (tertiary alicyclic amines) is 1. The summed E-state index contributed by atoms with van der Waals surface area (Å²) in [6.45, 7) is 7.07. The number of ether oxygens (including phenoxy) is 3. The first-order chi connectivity index (χ1) is 22.3. The van der Waals surface area contributed by atoms with E-state index in [4.69, 9.17) is 14.2 Å². The molecule has 46 heavy (non-hydrogen) atoms. The highest BCUT2D eigenvalue weighted by atomic mass is 16.5. The number of benzene rings is 2. The highest BCUT2D eigenvalue weighted by molar-refractivity contribution is 6.05. The van der Waals surface area contributed by atoms with E-state index in [1.54, 1.807) is 43.5 Å². The maximum atomic E-state index is 14.4. The molecule has 3 amide bonds. The number of amides is 3. The van der Waals surface area contributed by atoms with Crippen molar-refractivity contribution >= 4 is 29.4 Å². The van der Waals surface area contributed by atoms with E-state index in [1.165, 1.54) is 9.80 Å². The number of methoxy groups -OCH3 is 1. The lowest BCUT2D eigenvalue weighted by Crippen LogP contribution is -2.57. The molecular formula is C35H41N3O8. The summed E-state index contributed by atoms with van der Waals surface area (Å²) in [5.41, 5.74) is 0.0666. The van der Waals surface area contributed by atoms with Crippen LogP contribution >= 0.6 is 0 Å². The van der Waals surface area contributed by atoms with E-state index in [2.05, 4.69) is 18.5 Å². The Morgan fingerprint density at radius 2 is 1.89 bits per heavy atom. The first kappa shape index (κ1) is 32.9. The first-order valence-corrected chi connectivity index (χ1v) is 15.6. The lowest BCUT2D eigenvalue weighted by molar-refractivity contribution is -0.146. The fourth-order valence-corrected chi connectivity index (χ4v) is 7.09. The van der Waals surface area contributed by atoms with Crippen LogP contribution in [0.25, 0.3) is 0 Å². The van der Waals surface area contributed by atoms with Crippen LogP contribution < -0.4 is 15.0 Å². The number of nitrogens with zero attached hydrogens (tertiary/aromatic N) is 2. The molecule has 3 saturated heterocycles. The molecule has 0 unspecified atom stereocenters. The monoisotopic (exact) mass is 631 g/mol. The number of esters is 1. The van der Waals surface area contributed by atoms with Gasteiger partial charge in [0.05, 0.1) is 37.7 Å². The fourth-order valence-electron chi connectivity index (χ4n) is 7.09. The summed E-state index contributed by atoms with van der Waals surface area (Å²) in [6, 6.07) is 14.4. The molecule has 0 aliphatic carbocycles. The molecule has 244 valence electrons. The van der Waals surface area contributed by atoms with Gasteiger partial charge in [-0.1, -0.05) is 42.5 Å². The molecule has 11 nitrogen and oxygen atoms in total. The molecular weight excluding hydrogens is 590 g/mol. The van der Waals surface area contributed by atoms with Crippen molar-refractivity contribution in [2.45, 2.75) is 49.5 Å². The topological polar surface area (TPSA) is 135 Å². The minimum Gasteiger partial charge on any atom is -0.497 e. The number of nitrogens with one attached hydrogen (secondary N) is 1. The molecule has 3 aliphatic heterocycles. The van der Waals surface area contributed by atoms with Crippen LogP contribution in [0.1, 0.15) is 37.3 Å². The van der Waals surface area contributed by atoms with E-state index in [9.17, 15) is 24.3 Å². The number of aliphatic hydroxyl groups is 1. The number of fused-ring (bicyclic) bond motifs is 1. The Bertz CT molecular complexity index is 1450. The summed E-state index contributed by atoms with van der Waals surface area (Å²) in [6.07, 6.45) is 4.18. The van der Waals surface area contributed by atoms with Gasteiger partial charge in [0, 0.05) is 25.2 Å². The van der Waals surface area contributed by atoms with Crippen molar-refractivity contribution in [3.8, 4) is 5.75 Å². The van der Waals surface area contributed by atoms with Crippen LogP contribution in [0.3, 0.4) is 0 Å². The predicted molar refractivity (Wildman–Crippen MR) is 170 cm³/mol. The average molecular weight is 632 g/mol. The number of aliphatic hydroxyl groups excluding tert-OH is 1. The molecule has 3 heterocycles. The second kappa shape index (κ2) is 14.3. The van der Waals surface area contributed by atoms with Gasteiger partial charge in [-0.25, -0.2) is 0 Å². The zero-order valence-electron chi connectivity index (χ0n) is 26.0. The summed E-state index contributed by atoms with van der Waals surface area (Å²) < 4.78 is 17.3. The van der Waals surface area contributed by atoms with Crippen LogP contribution in [0.4, 0.5) is 5.69 Å². The Labute approximate surface area is 268 Å². The van der Waals surface area contributed by atoms with Gasteiger partial charge in [-0.15, -0.1) is 13.2 Å². The van der Waals surface area contributed by atoms with E-state index in [0.29, 0.717) is 30.7 Å². The maximum absolute atomic E-state index is 14.4. The van der Waals surface area contributed by atoms with Crippen molar-refractivity contribution in [3.63, 3.8) is 0 Å². The van der Waals surface area contributed by atoms with Crippen LogP contribution in [-0.4, -0.2) is 84.9 Å². The average Bonchev–Trinajstić information content (AvgIpc) is 3.72. The zero-order chi connectivity index (χ0) is 32.8. The third-order valence-electron chi connectivity index (χ3n) is 9.12. The van der Waals surface area contributed by atoms with Crippen molar-refractivity contribution in [1.29, 1.82) is 0 Å². The molecule has 2 N–H and O–H groups in total. The van der Waals surface area contributed by atoms with Gasteiger partial charge >= 0.3 is 5.97 Å². The van der Waals surface area contributed by atoms with Gasteiger partial charge < -0.3 is 34.4 Å². The molecule has 0 saturated carbocycles. The van der Waals surface area contributed by atoms with Gasteiger partial charge in [-0.2, -0.15) is 0 Å². The third kappa shape index (κ3) is 6.17. The Kier molecular flexibility index (Phi) is 10.2. The van der Waals surface area contributed by atoms with E-state index >= 15 is 0 Å². The SMILES string of the molecule is C=CCCC(=O)OC[C@H](NC(=O)[C@@H]1[C@H]2C(=O)N(CCO)[C@H](C(=O)N(CC=C)c3ccc(OC)cc3)[C@]23CC[C@H]1O3)c1ccccc1. The number of β-amino-alcohol motifs (C(OH)–C–C–N with tert-alkyl or cyclic N) is 1. The van der Waals surface area contributed by atoms with Gasteiger partial charge in [-0.05, 0) is 49.1 Å². The second-order valence-corrected chi connectivity index (χ2v) is 11.7. The smallest absolute Gasteiger partial charge is 0.306 e. The quantitative estimate of drug-likeness (QED) is 0.226. The molecule has 3 fully saturated rings. The van der Waals surface area contributed by atoms with Gasteiger partial charge in [0.25, 0.3) is 5.91 Å². The standard InChI is InChI=1S/C35H41N3O8/c1-4-6-12-28(40)45-22-26(23-10-8-7-9-11-23)36-32(41)29-27-17-18-35(46-27)30(29)33(42)38(20-21-39)31(35)34(43)37(19-5-2)24-13-15-25(44-3)16-14-24/h4-5,7-11,13-16,26-27,29-31,39H,1-2,6,12,17-22H2,3H3,(H,36,41)/t26-,27+,29-,30-,31+,35-/m0/s1. The van der Waals surface area contributed by atoms with Crippen molar-refractivity contribution in [3.05, 3.63) is 85.5 Å². The number of carbonyl (C=O) groups excluding carboxylic acids is 4. The highest BCUT2D eigenvalue weighted by Crippen LogP contribution is 2.58. The van der Waals surface area contributed by atoms with Crippen LogP contribution in [0.15, 0.2) is 79.9 Å². The van der Waals surface area contributed by atoms with Gasteiger partial charge in [0.15, 0.2) is 0 Å². The minimum atomic E-state index is -1.25. The Balaban J connectivity index is 1.43. The molecule has 3 aliphatic rings. The molecule has 0 radical (unpaired) electrons. The van der Waals surface area contributed by atoms with Crippen molar-refractivity contribution in [1.82, 2.24) is 10.2 Å². The summed E-state index contributed by atoms with van der Waals surface area (Å²) >= 11 is 0. The Morgan fingerprint density at radius 3 is 2.54 bits per heavy atom. The van der Waals surface area contributed by atoms with Gasteiger partial charge in [-0.3, -0.25) is 19.2 Å². The molecule has 2 aromatic carbocycles. The maximum Gasteiger partial charge on any atom is 0.306 e. The van der Waals surface area contributed by atoms with E-state index in [1.807, 2.05) is 30.3 Å². The van der Waals surface area contributed by atoms with Crippen molar-refractivity contribution < 1.29 is 38.5 Å². The van der Waals surface area contributed by atoms with Gasteiger partial charge in [0.2, 0.25) is 11.8 Å². The molecule has 1 spiro atoms. The molecule has 5 rings (SSSR count). The second-order valence-electron chi connectivity index (χ2n) is 11.7. The van der Waals surface area contributed by atoms with Crippen molar-refractivity contribution in [2.75, 3.05) is 38.3 Å². The van der Waals surface area contributed by atoms with Crippen LogP contribution in [0.5, 0.6) is 5.75 Å². The number of rotatable bonds is 15. The van der Waals surface area contributed by atoms with Gasteiger partial charge in [0.1, 0.15) is 24.0 Å².